The van der Waals surface area contributed by atoms with E-state index in [1.54, 1.807) is 24.3 Å². The van der Waals surface area contributed by atoms with E-state index in [-0.39, 0.29) is 6.61 Å². The third-order valence-corrected chi connectivity index (χ3v) is 3.34. The van der Waals surface area contributed by atoms with E-state index in [9.17, 15) is 9.59 Å². The molecule has 5 nitrogen and oxygen atoms in total. The number of amides is 1. The molecule has 1 heterocycles. The molecule has 5 heteroatoms. The average molecular weight is 309 g/mol. The van der Waals surface area contributed by atoms with Crippen LogP contribution in [0.3, 0.4) is 0 Å². The Bertz CT molecular complexity index is 871. The van der Waals surface area contributed by atoms with Crippen molar-refractivity contribution in [2.24, 2.45) is 0 Å². The van der Waals surface area contributed by atoms with Crippen molar-refractivity contribution in [1.82, 2.24) is 0 Å². The topological polar surface area (TPSA) is 68.5 Å². The van der Waals surface area contributed by atoms with Gasteiger partial charge in [0.1, 0.15) is 5.58 Å². The molecule has 2 aromatic carbocycles. The predicted octanol–water partition coefficient (Wildman–Crippen LogP) is 3.58. The summed E-state index contributed by atoms with van der Waals surface area (Å²) in [5.74, 6) is 0. The zero-order valence-electron chi connectivity index (χ0n) is 12.3. The first-order valence-corrected chi connectivity index (χ1v) is 7.23. The van der Waals surface area contributed by atoms with Crippen molar-refractivity contribution in [3.63, 3.8) is 0 Å². The van der Waals surface area contributed by atoms with E-state index in [0.717, 1.165) is 5.39 Å². The van der Waals surface area contributed by atoms with Crippen LogP contribution in [0, 0.1) is 0 Å². The van der Waals surface area contributed by atoms with Crippen molar-refractivity contribution in [1.29, 1.82) is 0 Å². The maximum Gasteiger partial charge on any atom is 0.411 e. The highest BCUT2D eigenvalue weighted by atomic mass is 16.5. The van der Waals surface area contributed by atoms with Gasteiger partial charge in [-0.2, -0.15) is 0 Å². The molecule has 0 saturated heterocycles. The molecule has 0 aliphatic carbocycles. The Hall–Kier alpha value is -3.08. The quantitative estimate of drug-likeness (QED) is 0.748. The molecule has 0 saturated carbocycles. The second-order valence-electron chi connectivity index (χ2n) is 4.97. The fourth-order valence-corrected chi connectivity index (χ4v) is 2.21. The first kappa shape index (κ1) is 14.8. The number of fused-ring (bicyclic) bond motifs is 1. The van der Waals surface area contributed by atoms with E-state index < -0.39 is 11.7 Å². The van der Waals surface area contributed by atoms with Gasteiger partial charge < -0.3 is 9.15 Å². The minimum Gasteiger partial charge on any atom is -0.449 e. The number of ether oxygens (including phenoxy) is 1. The van der Waals surface area contributed by atoms with Crippen LogP contribution in [0.15, 0.2) is 69.9 Å². The van der Waals surface area contributed by atoms with Crippen LogP contribution in [0.4, 0.5) is 10.5 Å². The van der Waals surface area contributed by atoms with Crippen LogP contribution in [0.1, 0.15) is 5.56 Å². The molecule has 116 valence electrons. The number of rotatable bonds is 4. The Balaban J connectivity index is 1.59. The lowest BCUT2D eigenvalue weighted by Crippen LogP contribution is -2.17. The first-order chi connectivity index (χ1) is 11.2. The average Bonchev–Trinajstić information content (AvgIpc) is 2.56. The summed E-state index contributed by atoms with van der Waals surface area (Å²) in [7, 11) is 0. The molecule has 0 fully saturated rings. The zero-order valence-corrected chi connectivity index (χ0v) is 12.3. The predicted molar refractivity (Wildman–Crippen MR) is 87.6 cm³/mol. The Morgan fingerprint density at radius 1 is 1.04 bits per heavy atom. The van der Waals surface area contributed by atoms with Crippen molar-refractivity contribution in [2.75, 3.05) is 11.9 Å². The zero-order chi connectivity index (χ0) is 16.1. The van der Waals surface area contributed by atoms with Gasteiger partial charge in [-0.15, -0.1) is 0 Å². The minimum absolute atomic E-state index is 0.0990. The van der Waals surface area contributed by atoms with E-state index in [0.29, 0.717) is 23.3 Å². The Morgan fingerprint density at radius 3 is 2.61 bits per heavy atom. The van der Waals surface area contributed by atoms with Gasteiger partial charge in [0.2, 0.25) is 0 Å². The third kappa shape index (κ3) is 3.77. The number of nitrogens with one attached hydrogen (secondary N) is 1. The Kier molecular flexibility index (Phi) is 4.38. The van der Waals surface area contributed by atoms with Crippen molar-refractivity contribution in [2.45, 2.75) is 6.42 Å². The van der Waals surface area contributed by atoms with E-state index in [1.807, 2.05) is 36.4 Å². The normalized spacial score (nSPS) is 10.4. The number of benzene rings is 2. The Morgan fingerprint density at radius 2 is 1.78 bits per heavy atom. The van der Waals surface area contributed by atoms with Gasteiger partial charge in [0.25, 0.3) is 0 Å². The maximum absolute atomic E-state index is 11.9. The summed E-state index contributed by atoms with van der Waals surface area (Å²) in [5.41, 5.74) is 1.28. The maximum atomic E-state index is 11.9. The Labute approximate surface area is 132 Å². The lowest BCUT2D eigenvalue weighted by Gasteiger charge is -2.07. The van der Waals surface area contributed by atoms with Crippen molar-refractivity contribution in [3.8, 4) is 0 Å². The van der Waals surface area contributed by atoms with Gasteiger partial charge in [-0.1, -0.05) is 36.4 Å². The molecule has 0 bridgehead atoms. The minimum atomic E-state index is -0.554. The largest absolute Gasteiger partial charge is 0.449 e. The molecular formula is C18H15NO4. The molecular weight excluding hydrogens is 294 g/mol. The number of carbonyl (C=O) groups is 1. The number of para-hydroxylation sites is 2. The van der Waals surface area contributed by atoms with Gasteiger partial charge in [-0.3, -0.25) is 5.32 Å². The molecule has 0 aliphatic heterocycles. The van der Waals surface area contributed by atoms with Gasteiger partial charge in [-0.05, 0) is 24.3 Å². The fraction of sp³-hybridized carbons (Fsp3) is 0.111. The summed E-state index contributed by atoms with van der Waals surface area (Å²) in [6.45, 7) is 0.0990. The van der Waals surface area contributed by atoms with Crippen LogP contribution in [0.25, 0.3) is 11.0 Å². The van der Waals surface area contributed by atoms with Crippen LogP contribution in [0.5, 0.6) is 0 Å². The molecule has 0 aliphatic rings. The highest BCUT2D eigenvalue weighted by Gasteiger charge is 2.07. The molecule has 0 spiro atoms. The number of anilines is 1. The summed E-state index contributed by atoms with van der Waals surface area (Å²) in [6.07, 6.45) is -0.253. The molecule has 23 heavy (non-hydrogen) atoms. The summed E-state index contributed by atoms with van der Waals surface area (Å²) < 4.78 is 10.3. The van der Waals surface area contributed by atoms with Crippen molar-refractivity contribution < 1.29 is 13.9 Å². The van der Waals surface area contributed by atoms with Crippen LogP contribution in [-0.2, 0) is 11.2 Å². The standard InChI is InChI=1S/C18H15NO4/c20-17-14(12-13-6-4-5-9-16(13)23-17)10-11-22-18(21)19-15-7-2-1-3-8-15/h1-9,12H,10-11H2,(H,19,21). The van der Waals surface area contributed by atoms with E-state index >= 15 is 0 Å². The van der Waals surface area contributed by atoms with Gasteiger partial charge in [-0.25, -0.2) is 9.59 Å². The summed E-state index contributed by atoms with van der Waals surface area (Å²) >= 11 is 0. The van der Waals surface area contributed by atoms with Crippen molar-refractivity contribution >= 4 is 22.7 Å². The van der Waals surface area contributed by atoms with E-state index in [2.05, 4.69) is 5.32 Å². The lowest BCUT2D eigenvalue weighted by molar-refractivity contribution is 0.162. The second kappa shape index (κ2) is 6.79. The molecule has 0 unspecified atom stereocenters. The second-order valence-corrected chi connectivity index (χ2v) is 4.97. The van der Waals surface area contributed by atoms with E-state index in [4.69, 9.17) is 9.15 Å². The molecule has 1 amide bonds. The van der Waals surface area contributed by atoms with Gasteiger partial charge in [0, 0.05) is 23.1 Å². The highest BCUT2D eigenvalue weighted by molar-refractivity contribution is 5.84. The molecule has 1 aromatic heterocycles. The lowest BCUT2D eigenvalue weighted by atomic mass is 10.1. The molecule has 3 aromatic rings. The number of hydrogen-bond donors (Lipinski definition) is 1. The molecule has 3 rings (SSSR count). The summed E-state index contributed by atoms with van der Waals surface area (Å²) in [4.78, 5) is 23.5. The number of hydrogen-bond acceptors (Lipinski definition) is 4. The van der Waals surface area contributed by atoms with Gasteiger partial charge >= 0.3 is 11.7 Å². The third-order valence-electron chi connectivity index (χ3n) is 3.34. The van der Waals surface area contributed by atoms with Crippen LogP contribution >= 0.6 is 0 Å². The van der Waals surface area contributed by atoms with Gasteiger partial charge in [0.05, 0.1) is 6.61 Å². The molecule has 0 radical (unpaired) electrons. The fourth-order valence-electron chi connectivity index (χ4n) is 2.21. The van der Waals surface area contributed by atoms with Crippen LogP contribution in [-0.4, -0.2) is 12.7 Å². The smallest absolute Gasteiger partial charge is 0.411 e. The monoisotopic (exact) mass is 309 g/mol. The molecule has 1 N–H and O–H groups in total. The van der Waals surface area contributed by atoms with Crippen LogP contribution in [0.2, 0.25) is 0 Å². The first-order valence-electron chi connectivity index (χ1n) is 7.23. The summed E-state index contributed by atoms with van der Waals surface area (Å²) in [5, 5.41) is 3.45. The van der Waals surface area contributed by atoms with Crippen LogP contribution < -0.4 is 10.9 Å². The summed E-state index contributed by atoms with van der Waals surface area (Å²) in [6, 6.07) is 18.1. The molecule has 0 atom stereocenters. The highest BCUT2D eigenvalue weighted by Crippen LogP contribution is 2.13. The van der Waals surface area contributed by atoms with Crippen molar-refractivity contribution in [3.05, 3.63) is 76.6 Å². The van der Waals surface area contributed by atoms with Gasteiger partial charge in [0.15, 0.2) is 0 Å². The number of carbonyl (C=O) groups excluding carboxylic acids is 1. The van der Waals surface area contributed by atoms with E-state index in [1.165, 1.54) is 0 Å². The SMILES string of the molecule is O=C(Nc1ccccc1)OCCc1cc2ccccc2oc1=O.